The van der Waals surface area contributed by atoms with Crippen LogP contribution in [0.5, 0.6) is 5.75 Å². The zero-order valence-corrected chi connectivity index (χ0v) is 18.6. The van der Waals surface area contributed by atoms with Crippen LogP contribution in [0.4, 0.5) is 0 Å². The van der Waals surface area contributed by atoms with Gasteiger partial charge in [-0.15, -0.1) is 0 Å². The molecule has 0 bridgehead atoms. The number of carbonyl (C=O) groups excluding carboxylic acids is 2. The standard InChI is InChI=1S/C20H22BrNO6S/c1-13-8-18(14(2)22(13)16-6-7-29(25,26)12-16)19(23)10-28-20(24)11-27-17-5-3-4-15(21)9-17/h3-5,8-9,16H,6-7,10-12H2,1-2H3. The van der Waals surface area contributed by atoms with Crippen molar-refractivity contribution >= 4 is 37.5 Å². The predicted octanol–water partition coefficient (Wildman–Crippen LogP) is 3.03. The first kappa shape index (κ1) is 21.6. The summed E-state index contributed by atoms with van der Waals surface area (Å²) >= 11 is 3.31. The van der Waals surface area contributed by atoms with Crippen molar-refractivity contribution in [3.63, 3.8) is 0 Å². The van der Waals surface area contributed by atoms with E-state index in [1.165, 1.54) is 0 Å². The Morgan fingerprint density at radius 3 is 2.62 bits per heavy atom. The molecule has 1 unspecified atom stereocenters. The Hall–Kier alpha value is -2.13. The Morgan fingerprint density at radius 2 is 1.97 bits per heavy atom. The Labute approximate surface area is 178 Å². The molecule has 156 valence electrons. The second kappa shape index (κ2) is 8.71. The van der Waals surface area contributed by atoms with Gasteiger partial charge in [0.05, 0.1) is 11.5 Å². The maximum Gasteiger partial charge on any atom is 0.344 e. The number of rotatable bonds is 7. The summed E-state index contributed by atoms with van der Waals surface area (Å²) < 4.78 is 36.7. The van der Waals surface area contributed by atoms with Crippen molar-refractivity contribution in [3.8, 4) is 5.75 Å². The van der Waals surface area contributed by atoms with E-state index in [0.29, 0.717) is 23.4 Å². The molecule has 0 amide bonds. The Morgan fingerprint density at radius 1 is 1.21 bits per heavy atom. The lowest BCUT2D eigenvalue weighted by Crippen LogP contribution is -2.20. The molecular formula is C20H22BrNO6S. The molecule has 1 fully saturated rings. The van der Waals surface area contributed by atoms with Crippen LogP contribution in [-0.2, 0) is 19.4 Å². The average Bonchev–Trinajstić information content (AvgIpc) is 3.16. The molecule has 1 atom stereocenters. The lowest BCUT2D eigenvalue weighted by molar-refractivity contribution is -0.144. The van der Waals surface area contributed by atoms with E-state index >= 15 is 0 Å². The first-order valence-electron chi connectivity index (χ1n) is 9.12. The Balaban J connectivity index is 1.58. The number of ether oxygens (including phenoxy) is 2. The molecule has 0 radical (unpaired) electrons. The molecule has 0 aliphatic carbocycles. The van der Waals surface area contributed by atoms with Gasteiger partial charge < -0.3 is 14.0 Å². The minimum atomic E-state index is -3.03. The first-order chi connectivity index (χ1) is 13.7. The minimum absolute atomic E-state index is 0.0823. The number of esters is 1. The number of ketones is 1. The summed E-state index contributed by atoms with van der Waals surface area (Å²) in [5, 5.41) is 0. The van der Waals surface area contributed by atoms with Crippen molar-refractivity contribution in [3.05, 3.63) is 51.8 Å². The summed E-state index contributed by atoms with van der Waals surface area (Å²) in [6, 6.07) is 8.59. The number of sulfone groups is 1. The van der Waals surface area contributed by atoms with E-state index in [2.05, 4.69) is 15.9 Å². The van der Waals surface area contributed by atoms with Crippen LogP contribution in [0.3, 0.4) is 0 Å². The van der Waals surface area contributed by atoms with Crippen LogP contribution in [0.1, 0.15) is 34.2 Å². The fourth-order valence-electron chi connectivity index (χ4n) is 3.56. The fraction of sp³-hybridized carbons (Fsp3) is 0.400. The quantitative estimate of drug-likeness (QED) is 0.443. The highest BCUT2D eigenvalue weighted by Gasteiger charge is 2.31. The van der Waals surface area contributed by atoms with Gasteiger partial charge in [0.25, 0.3) is 0 Å². The van der Waals surface area contributed by atoms with Crippen molar-refractivity contribution in [2.45, 2.75) is 26.3 Å². The van der Waals surface area contributed by atoms with Gasteiger partial charge in [-0.05, 0) is 44.5 Å². The monoisotopic (exact) mass is 483 g/mol. The lowest BCUT2D eigenvalue weighted by atomic mass is 10.1. The van der Waals surface area contributed by atoms with Crippen LogP contribution < -0.4 is 4.74 Å². The summed E-state index contributed by atoms with van der Waals surface area (Å²) in [7, 11) is -3.03. The molecule has 1 aromatic carbocycles. The van der Waals surface area contributed by atoms with Crippen LogP contribution >= 0.6 is 15.9 Å². The summed E-state index contributed by atoms with van der Waals surface area (Å²) in [6.45, 7) is 2.92. The second-order valence-electron chi connectivity index (χ2n) is 7.04. The number of Topliss-reactive ketones (excluding diaryl/α,β-unsaturated/α-hetero) is 1. The molecule has 0 saturated carbocycles. The molecule has 3 rings (SSSR count). The molecule has 1 saturated heterocycles. The van der Waals surface area contributed by atoms with E-state index in [0.717, 1.165) is 10.2 Å². The number of halogens is 1. The van der Waals surface area contributed by atoms with Crippen LogP contribution in [-0.4, -0.2) is 49.5 Å². The number of nitrogens with zero attached hydrogens (tertiary/aromatic N) is 1. The number of aromatic nitrogens is 1. The van der Waals surface area contributed by atoms with E-state index in [1.807, 2.05) is 17.6 Å². The lowest BCUT2D eigenvalue weighted by Gasteiger charge is -2.16. The van der Waals surface area contributed by atoms with Gasteiger partial charge in [-0.3, -0.25) is 4.79 Å². The van der Waals surface area contributed by atoms with E-state index in [4.69, 9.17) is 9.47 Å². The maximum absolute atomic E-state index is 12.5. The molecule has 29 heavy (non-hydrogen) atoms. The number of benzene rings is 1. The number of carbonyl (C=O) groups is 2. The van der Waals surface area contributed by atoms with Crippen molar-refractivity contribution in [1.29, 1.82) is 0 Å². The van der Waals surface area contributed by atoms with E-state index in [-0.39, 0.29) is 29.9 Å². The van der Waals surface area contributed by atoms with Gasteiger partial charge in [0.1, 0.15) is 5.75 Å². The highest BCUT2D eigenvalue weighted by Crippen LogP contribution is 2.29. The minimum Gasteiger partial charge on any atom is -0.482 e. The third-order valence-corrected chi connectivity index (χ3v) is 7.12. The molecule has 1 aliphatic heterocycles. The van der Waals surface area contributed by atoms with Gasteiger partial charge in [0.15, 0.2) is 23.1 Å². The number of aryl methyl sites for hydroxylation is 1. The maximum atomic E-state index is 12.5. The third-order valence-electron chi connectivity index (χ3n) is 4.88. The average molecular weight is 484 g/mol. The summed E-state index contributed by atoms with van der Waals surface area (Å²) in [5.41, 5.74) is 1.95. The largest absolute Gasteiger partial charge is 0.482 e. The molecule has 2 aromatic rings. The molecule has 7 nitrogen and oxygen atoms in total. The third kappa shape index (κ3) is 5.27. The fourth-order valence-corrected chi connectivity index (χ4v) is 5.64. The number of hydrogen-bond donors (Lipinski definition) is 0. The van der Waals surface area contributed by atoms with Gasteiger partial charge >= 0.3 is 5.97 Å². The Kier molecular flexibility index (Phi) is 6.48. The summed E-state index contributed by atoms with van der Waals surface area (Å²) in [6.07, 6.45) is 0.536. The molecule has 1 aliphatic rings. The summed E-state index contributed by atoms with van der Waals surface area (Å²) in [5.74, 6) is -0.222. The van der Waals surface area contributed by atoms with Crippen LogP contribution in [0.25, 0.3) is 0 Å². The van der Waals surface area contributed by atoms with Crippen LogP contribution in [0, 0.1) is 13.8 Å². The van der Waals surface area contributed by atoms with Crippen molar-refractivity contribution < 1.29 is 27.5 Å². The molecular weight excluding hydrogens is 462 g/mol. The molecule has 2 heterocycles. The SMILES string of the molecule is Cc1cc(C(=O)COC(=O)COc2cccc(Br)c2)c(C)n1C1CCS(=O)(=O)C1. The predicted molar refractivity (Wildman–Crippen MR) is 111 cm³/mol. The molecule has 1 aromatic heterocycles. The molecule has 0 spiro atoms. The highest BCUT2D eigenvalue weighted by molar-refractivity contribution is 9.10. The topological polar surface area (TPSA) is 91.7 Å². The zero-order chi connectivity index (χ0) is 21.2. The molecule has 0 N–H and O–H groups in total. The van der Waals surface area contributed by atoms with Crippen LogP contribution in [0.15, 0.2) is 34.8 Å². The normalized spacial score (nSPS) is 17.8. The van der Waals surface area contributed by atoms with Gasteiger partial charge in [-0.2, -0.15) is 0 Å². The second-order valence-corrected chi connectivity index (χ2v) is 10.2. The highest BCUT2D eigenvalue weighted by atomic mass is 79.9. The van der Waals surface area contributed by atoms with Gasteiger partial charge in [0, 0.05) is 27.5 Å². The van der Waals surface area contributed by atoms with E-state index in [9.17, 15) is 18.0 Å². The van der Waals surface area contributed by atoms with Crippen molar-refractivity contribution in [1.82, 2.24) is 4.57 Å². The Bertz CT molecular complexity index is 1040. The zero-order valence-electron chi connectivity index (χ0n) is 16.2. The van der Waals surface area contributed by atoms with E-state index < -0.39 is 22.4 Å². The summed E-state index contributed by atoms with van der Waals surface area (Å²) in [4.78, 5) is 24.4. The number of hydrogen-bond acceptors (Lipinski definition) is 6. The first-order valence-corrected chi connectivity index (χ1v) is 11.7. The smallest absolute Gasteiger partial charge is 0.344 e. The van der Waals surface area contributed by atoms with E-state index in [1.54, 1.807) is 31.2 Å². The molecule has 9 heteroatoms. The van der Waals surface area contributed by atoms with Crippen molar-refractivity contribution in [2.24, 2.45) is 0 Å². The van der Waals surface area contributed by atoms with Crippen molar-refractivity contribution in [2.75, 3.05) is 24.7 Å². The van der Waals surface area contributed by atoms with Crippen LogP contribution in [0.2, 0.25) is 0 Å². The van der Waals surface area contributed by atoms with Gasteiger partial charge in [-0.1, -0.05) is 22.0 Å². The van der Waals surface area contributed by atoms with Gasteiger partial charge in [0.2, 0.25) is 5.78 Å². The van der Waals surface area contributed by atoms with Gasteiger partial charge in [-0.25, -0.2) is 13.2 Å².